The quantitative estimate of drug-likeness (QED) is 0.276. The minimum Gasteiger partial charge on any atom is -0.397 e. The maximum atomic E-state index is 6.66. The topological polar surface area (TPSA) is 64.2 Å². The van der Waals surface area contributed by atoms with Gasteiger partial charge in [0.05, 0.1) is 16.3 Å². The van der Waals surface area contributed by atoms with Crippen LogP contribution in [0.2, 0.25) is 0 Å². The lowest BCUT2D eigenvalue weighted by Gasteiger charge is -2.10. The lowest BCUT2D eigenvalue weighted by atomic mass is 9.97. The van der Waals surface area contributed by atoms with Crippen molar-refractivity contribution in [2.45, 2.75) is 0 Å². The Morgan fingerprint density at radius 1 is 0.806 bits per heavy atom. The summed E-state index contributed by atoms with van der Waals surface area (Å²) in [5.74, 6) is 0. The molecule has 0 unspecified atom stereocenters. The second-order valence-electron chi connectivity index (χ2n) is 6.95. The average molecular weight is 485 g/mol. The number of hydrogen-bond acceptors (Lipinski definition) is 5. The van der Waals surface area contributed by atoms with Crippen molar-refractivity contribution in [3.05, 3.63) is 94.3 Å². The Hall–Kier alpha value is -3.35. The predicted octanol–water partition coefficient (Wildman–Crippen LogP) is 7.12. The highest BCUT2D eigenvalue weighted by atomic mass is 79.9. The summed E-state index contributed by atoms with van der Waals surface area (Å²) in [6.45, 7) is 0. The number of aromatic nitrogens is 2. The van der Waals surface area contributed by atoms with Gasteiger partial charge in [-0.2, -0.15) is 0 Å². The van der Waals surface area contributed by atoms with Crippen molar-refractivity contribution >= 4 is 55.1 Å². The first-order valence-corrected chi connectivity index (χ1v) is 11.3. The van der Waals surface area contributed by atoms with Crippen LogP contribution in [0.3, 0.4) is 0 Å². The van der Waals surface area contributed by atoms with Crippen LogP contribution in [0.4, 0.5) is 11.4 Å². The Labute approximate surface area is 192 Å². The molecule has 6 heteroatoms. The van der Waals surface area contributed by atoms with Gasteiger partial charge < -0.3 is 5.73 Å². The standard InChI is InChI=1S/C25H17BrN4S/c26-18-11-13-19(14-12-18)28-15-20-23(27)22-21(16-7-3-1-4-8-16)24(29-30-25(22)31-20)17-9-5-2-6-10-17/h1-15H,27H2. The van der Waals surface area contributed by atoms with Crippen LogP contribution in [0.5, 0.6) is 0 Å². The fraction of sp³-hybridized carbons (Fsp3) is 0. The van der Waals surface area contributed by atoms with Gasteiger partial charge in [-0.05, 0) is 29.8 Å². The van der Waals surface area contributed by atoms with Crippen LogP contribution in [0.1, 0.15) is 4.88 Å². The van der Waals surface area contributed by atoms with Crippen molar-refractivity contribution in [3.8, 4) is 22.4 Å². The lowest BCUT2D eigenvalue weighted by molar-refractivity contribution is 1.09. The van der Waals surface area contributed by atoms with E-state index in [0.29, 0.717) is 5.69 Å². The van der Waals surface area contributed by atoms with Gasteiger partial charge in [0, 0.05) is 27.2 Å². The molecule has 0 atom stereocenters. The molecule has 0 aliphatic carbocycles. The van der Waals surface area contributed by atoms with Crippen LogP contribution in [0.15, 0.2) is 94.4 Å². The number of halogens is 1. The van der Waals surface area contributed by atoms with E-state index in [-0.39, 0.29) is 0 Å². The second-order valence-corrected chi connectivity index (χ2v) is 8.90. The largest absolute Gasteiger partial charge is 0.397 e. The molecule has 2 heterocycles. The van der Waals surface area contributed by atoms with Gasteiger partial charge in [-0.25, -0.2) is 0 Å². The summed E-state index contributed by atoms with van der Waals surface area (Å²) in [4.78, 5) is 6.26. The summed E-state index contributed by atoms with van der Waals surface area (Å²) in [5.41, 5.74) is 12.1. The minimum atomic E-state index is 0.673. The van der Waals surface area contributed by atoms with Gasteiger partial charge in [0.15, 0.2) is 0 Å². The number of aliphatic imine (C=N–C) groups is 1. The lowest BCUT2D eigenvalue weighted by Crippen LogP contribution is -1.96. The average Bonchev–Trinajstić information content (AvgIpc) is 3.15. The zero-order valence-electron chi connectivity index (χ0n) is 16.4. The van der Waals surface area contributed by atoms with Gasteiger partial charge in [0.2, 0.25) is 0 Å². The Morgan fingerprint density at radius 2 is 1.45 bits per heavy atom. The molecule has 0 fully saturated rings. The van der Waals surface area contributed by atoms with Gasteiger partial charge in [-0.15, -0.1) is 21.5 Å². The summed E-state index contributed by atoms with van der Waals surface area (Å²) in [7, 11) is 0. The third kappa shape index (κ3) is 3.87. The molecule has 31 heavy (non-hydrogen) atoms. The van der Waals surface area contributed by atoms with E-state index in [0.717, 1.165) is 47.6 Å². The molecular formula is C25H17BrN4S. The number of nitrogen functional groups attached to an aromatic ring is 1. The molecule has 0 aliphatic rings. The normalized spacial score (nSPS) is 11.4. The summed E-state index contributed by atoms with van der Waals surface area (Å²) in [6, 6.07) is 28.1. The maximum Gasteiger partial charge on any atom is 0.149 e. The Morgan fingerprint density at radius 3 is 2.13 bits per heavy atom. The van der Waals surface area contributed by atoms with Gasteiger partial charge in [-0.3, -0.25) is 4.99 Å². The minimum absolute atomic E-state index is 0.673. The molecule has 2 aromatic heterocycles. The number of rotatable bonds is 4. The summed E-state index contributed by atoms with van der Waals surface area (Å²) >= 11 is 4.95. The van der Waals surface area contributed by atoms with E-state index in [1.54, 1.807) is 0 Å². The van der Waals surface area contributed by atoms with Crippen molar-refractivity contribution in [2.24, 2.45) is 4.99 Å². The fourth-order valence-corrected chi connectivity index (χ4v) is 4.65. The smallest absolute Gasteiger partial charge is 0.149 e. The number of thiophene rings is 1. The molecule has 0 radical (unpaired) electrons. The highest BCUT2D eigenvalue weighted by Gasteiger charge is 2.20. The molecule has 0 aliphatic heterocycles. The Balaban J connectivity index is 1.71. The highest BCUT2D eigenvalue weighted by molar-refractivity contribution is 9.10. The van der Waals surface area contributed by atoms with Crippen molar-refractivity contribution in [2.75, 3.05) is 5.73 Å². The molecule has 0 saturated heterocycles. The zero-order valence-corrected chi connectivity index (χ0v) is 18.8. The first-order chi connectivity index (χ1) is 15.2. The van der Waals surface area contributed by atoms with E-state index >= 15 is 0 Å². The number of nitrogens with zero attached hydrogens (tertiary/aromatic N) is 3. The molecule has 0 spiro atoms. The molecule has 150 valence electrons. The zero-order chi connectivity index (χ0) is 21.2. The van der Waals surface area contributed by atoms with E-state index < -0.39 is 0 Å². The van der Waals surface area contributed by atoms with Crippen LogP contribution in [-0.2, 0) is 0 Å². The van der Waals surface area contributed by atoms with Gasteiger partial charge in [-0.1, -0.05) is 76.6 Å². The molecule has 0 amide bonds. The number of nitrogens with two attached hydrogens (primary N) is 1. The van der Waals surface area contributed by atoms with Crippen LogP contribution in [0, 0.1) is 0 Å². The molecule has 3 aromatic carbocycles. The van der Waals surface area contributed by atoms with Gasteiger partial charge in [0.25, 0.3) is 0 Å². The van der Waals surface area contributed by atoms with Crippen molar-refractivity contribution in [1.29, 1.82) is 0 Å². The SMILES string of the molecule is Nc1c(C=Nc2ccc(Br)cc2)sc2nnc(-c3ccccc3)c(-c3ccccc3)c12. The van der Waals surface area contributed by atoms with E-state index in [1.165, 1.54) is 11.3 Å². The molecule has 5 aromatic rings. The Bertz CT molecular complexity index is 1380. The first-order valence-electron chi connectivity index (χ1n) is 9.70. The van der Waals surface area contributed by atoms with Gasteiger partial charge >= 0.3 is 0 Å². The molecular weight excluding hydrogens is 468 g/mol. The van der Waals surface area contributed by atoms with Crippen molar-refractivity contribution < 1.29 is 0 Å². The number of benzene rings is 3. The molecule has 5 rings (SSSR count). The number of anilines is 1. The fourth-order valence-electron chi connectivity index (χ4n) is 3.46. The van der Waals surface area contributed by atoms with Gasteiger partial charge in [0.1, 0.15) is 10.5 Å². The molecule has 4 nitrogen and oxygen atoms in total. The van der Waals surface area contributed by atoms with Crippen LogP contribution >= 0.6 is 27.3 Å². The summed E-state index contributed by atoms with van der Waals surface area (Å²) < 4.78 is 1.02. The Kier molecular flexibility index (Phi) is 5.32. The van der Waals surface area contributed by atoms with E-state index in [9.17, 15) is 0 Å². The summed E-state index contributed by atoms with van der Waals surface area (Å²) in [5, 5.41) is 10.0. The number of hydrogen-bond donors (Lipinski definition) is 1. The van der Waals surface area contributed by atoms with Crippen LogP contribution in [0.25, 0.3) is 32.6 Å². The predicted molar refractivity (Wildman–Crippen MR) is 134 cm³/mol. The summed E-state index contributed by atoms with van der Waals surface area (Å²) in [6.07, 6.45) is 1.81. The monoisotopic (exact) mass is 484 g/mol. The van der Waals surface area contributed by atoms with Crippen LogP contribution in [-0.4, -0.2) is 16.4 Å². The first kappa shape index (κ1) is 19.6. The number of fused-ring (bicyclic) bond motifs is 1. The second kappa shape index (κ2) is 8.41. The van der Waals surface area contributed by atoms with E-state index in [2.05, 4.69) is 43.3 Å². The van der Waals surface area contributed by atoms with E-state index in [4.69, 9.17) is 5.73 Å². The maximum absolute atomic E-state index is 6.66. The van der Waals surface area contributed by atoms with Crippen molar-refractivity contribution in [3.63, 3.8) is 0 Å². The van der Waals surface area contributed by atoms with E-state index in [1.807, 2.05) is 79.0 Å². The van der Waals surface area contributed by atoms with Crippen LogP contribution < -0.4 is 5.73 Å². The molecule has 0 saturated carbocycles. The highest BCUT2D eigenvalue weighted by Crippen LogP contribution is 2.42. The molecule has 2 N–H and O–H groups in total. The third-order valence-electron chi connectivity index (χ3n) is 4.95. The van der Waals surface area contributed by atoms with Crippen molar-refractivity contribution in [1.82, 2.24) is 10.2 Å². The molecule has 0 bridgehead atoms. The third-order valence-corrected chi connectivity index (χ3v) is 6.50.